The number of hydrogen-bond donors (Lipinski definition) is 1. The Labute approximate surface area is 125 Å². The van der Waals surface area contributed by atoms with Crippen molar-refractivity contribution in [2.24, 2.45) is 0 Å². The van der Waals surface area contributed by atoms with Gasteiger partial charge in [0.15, 0.2) is 0 Å². The maximum atomic E-state index is 11.1. The van der Waals surface area contributed by atoms with Crippen LogP contribution >= 0.6 is 15.9 Å². The van der Waals surface area contributed by atoms with Crippen LogP contribution in [0.1, 0.15) is 42.8 Å². The lowest BCUT2D eigenvalue weighted by molar-refractivity contribution is 0.0683. The van der Waals surface area contributed by atoms with Crippen molar-refractivity contribution in [3.63, 3.8) is 0 Å². The molecule has 0 atom stereocenters. The Balaban J connectivity index is 2.68. The van der Waals surface area contributed by atoms with E-state index in [9.17, 15) is 4.79 Å². The molecule has 1 N–H and O–H groups in total. The molecule has 20 heavy (non-hydrogen) atoms. The number of carboxylic acids is 1. The molecule has 0 aliphatic rings. The highest BCUT2D eigenvalue weighted by Crippen LogP contribution is 2.25. The van der Waals surface area contributed by atoms with E-state index in [1.807, 2.05) is 45.9 Å². The number of hydrogen-bond acceptors (Lipinski definition) is 3. The molecule has 0 aliphatic carbocycles. The van der Waals surface area contributed by atoms with Gasteiger partial charge in [-0.3, -0.25) is 0 Å². The van der Waals surface area contributed by atoms with Gasteiger partial charge in [0.2, 0.25) is 0 Å². The summed E-state index contributed by atoms with van der Waals surface area (Å²) in [7, 11) is 0. The molecule has 0 radical (unpaired) electrons. The Morgan fingerprint density at radius 2 is 1.95 bits per heavy atom. The van der Waals surface area contributed by atoms with Crippen molar-refractivity contribution < 1.29 is 9.90 Å². The molecule has 0 bridgehead atoms. The number of carbonyl (C=O) groups is 1. The summed E-state index contributed by atoms with van der Waals surface area (Å²) in [6.45, 7) is 7.90. The minimum atomic E-state index is -1.12. The molecular weight excluding hydrogens is 322 g/mol. The standard InChI is InChI=1S/C14H16BrN3O2/c1-8-5-9(15)7-10(6-8)18-13(14(2,3)4)16-11(17-18)12(19)20/h5-7H,1-4H3,(H,19,20). The van der Waals surface area contributed by atoms with Crippen molar-refractivity contribution in [1.29, 1.82) is 0 Å². The maximum Gasteiger partial charge on any atom is 0.375 e. The topological polar surface area (TPSA) is 68.0 Å². The van der Waals surface area contributed by atoms with Gasteiger partial charge in [-0.2, -0.15) is 0 Å². The van der Waals surface area contributed by atoms with Gasteiger partial charge >= 0.3 is 5.97 Å². The van der Waals surface area contributed by atoms with Crippen LogP contribution in [-0.2, 0) is 5.41 Å². The Hall–Kier alpha value is -1.69. The quantitative estimate of drug-likeness (QED) is 0.912. The predicted octanol–water partition coefficient (Wildman–Crippen LogP) is 3.33. The molecule has 0 amide bonds. The number of nitrogens with zero attached hydrogens (tertiary/aromatic N) is 3. The summed E-state index contributed by atoms with van der Waals surface area (Å²) in [5, 5.41) is 13.2. The summed E-state index contributed by atoms with van der Waals surface area (Å²) >= 11 is 3.44. The van der Waals surface area contributed by atoms with Crippen molar-refractivity contribution in [2.75, 3.05) is 0 Å². The molecule has 1 aromatic carbocycles. The Morgan fingerprint density at radius 1 is 1.30 bits per heavy atom. The van der Waals surface area contributed by atoms with Crippen LogP contribution in [0.4, 0.5) is 0 Å². The average Bonchev–Trinajstić information content (AvgIpc) is 2.71. The van der Waals surface area contributed by atoms with Crippen LogP contribution in [0, 0.1) is 6.92 Å². The first kappa shape index (κ1) is 14.7. The SMILES string of the molecule is Cc1cc(Br)cc(-n2nc(C(=O)O)nc2C(C)(C)C)c1. The number of carboxylic acid groups (broad SMARTS) is 1. The molecular formula is C14H16BrN3O2. The van der Waals surface area contributed by atoms with Crippen LogP contribution in [0.3, 0.4) is 0 Å². The second kappa shape index (κ2) is 5.01. The lowest BCUT2D eigenvalue weighted by Gasteiger charge is -2.18. The second-order valence-corrected chi connectivity index (χ2v) is 6.63. The van der Waals surface area contributed by atoms with Gasteiger partial charge < -0.3 is 5.11 Å². The normalized spacial score (nSPS) is 11.7. The fourth-order valence-corrected chi connectivity index (χ4v) is 2.50. The molecule has 0 unspecified atom stereocenters. The molecule has 0 saturated carbocycles. The highest BCUT2D eigenvalue weighted by molar-refractivity contribution is 9.10. The van der Waals surface area contributed by atoms with E-state index in [4.69, 9.17) is 5.11 Å². The monoisotopic (exact) mass is 337 g/mol. The van der Waals surface area contributed by atoms with E-state index < -0.39 is 5.97 Å². The average molecular weight is 338 g/mol. The van der Waals surface area contributed by atoms with Gasteiger partial charge in [0.1, 0.15) is 5.82 Å². The predicted molar refractivity (Wildman–Crippen MR) is 79.5 cm³/mol. The van der Waals surface area contributed by atoms with Crippen LogP contribution < -0.4 is 0 Å². The molecule has 0 aliphatic heterocycles. The third kappa shape index (κ3) is 2.90. The molecule has 0 saturated heterocycles. The molecule has 0 spiro atoms. The summed E-state index contributed by atoms with van der Waals surface area (Å²) in [4.78, 5) is 15.3. The van der Waals surface area contributed by atoms with E-state index in [2.05, 4.69) is 26.0 Å². The van der Waals surface area contributed by atoms with Gasteiger partial charge in [0.05, 0.1) is 5.69 Å². The lowest BCUT2D eigenvalue weighted by Crippen LogP contribution is -2.19. The van der Waals surface area contributed by atoms with Gasteiger partial charge in [-0.15, -0.1) is 5.10 Å². The second-order valence-electron chi connectivity index (χ2n) is 5.71. The van der Waals surface area contributed by atoms with Crippen molar-refractivity contribution in [1.82, 2.24) is 14.8 Å². The zero-order valence-corrected chi connectivity index (χ0v) is 13.4. The van der Waals surface area contributed by atoms with E-state index in [0.29, 0.717) is 5.82 Å². The number of rotatable bonds is 2. The smallest absolute Gasteiger partial charge is 0.375 e. The Kier molecular flexibility index (Phi) is 3.69. The summed E-state index contributed by atoms with van der Waals surface area (Å²) < 4.78 is 2.51. The first-order valence-corrected chi connectivity index (χ1v) is 6.96. The van der Waals surface area contributed by atoms with Crippen LogP contribution in [0.2, 0.25) is 0 Å². The minimum Gasteiger partial charge on any atom is -0.475 e. The van der Waals surface area contributed by atoms with Gasteiger partial charge in [-0.1, -0.05) is 36.7 Å². The fraction of sp³-hybridized carbons (Fsp3) is 0.357. The van der Waals surface area contributed by atoms with Crippen LogP contribution in [0.15, 0.2) is 22.7 Å². The van der Waals surface area contributed by atoms with Gasteiger partial charge in [0, 0.05) is 9.89 Å². The molecule has 2 rings (SSSR count). The number of aromatic carboxylic acids is 1. The highest BCUT2D eigenvalue weighted by atomic mass is 79.9. The number of aryl methyl sites for hydroxylation is 1. The zero-order valence-electron chi connectivity index (χ0n) is 11.8. The zero-order chi connectivity index (χ0) is 15.1. The van der Waals surface area contributed by atoms with Crippen LogP contribution in [-0.4, -0.2) is 25.8 Å². The van der Waals surface area contributed by atoms with Gasteiger partial charge in [-0.05, 0) is 30.7 Å². The number of benzene rings is 1. The van der Waals surface area contributed by atoms with Gasteiger partial charge in [-0.25, -0.2) is 14.5 Å². The molecule has 0 fully saturated rings. The Morgan fingerprint density at radius 3 is 2.45 bits per heavy atom. The molecule has 6 heteroatoms. The third-order valence-electron chi connectivity index (χ3n) is 2.74. The molecule has 1 heterocycles. The maximum absolute atomic E-state index is 11.1. The largest absolute Gasteiger partial charge is 0.475 e. The number of aromatic nitrogens is 3. The summed E-state index contributed by atoms with van der Waals surface area (Å²) in [6, 6.07) is 5.82. The minimum absolute atomic E-state index is 0.187. The van der Waals surface area contributed by atoms with E-state index in [1.165, 1.54) is 0 Å². The fourth-order valence-electron chi connectivity index (χ4n) is 1.91. The van der Waals surface area contributed by atoms with Crippen LogP contribution in [0.25, 0.3) is 5.69 Å². The van der Waals surface area contributed by atoms with E-state index >= 15 is 0 Å². The van der Waals surface area contributed by atoms with Crippen molar-refractivity contribution in [2.45, 2.75) is 33.1 Å². The third-order valence-corrected chi connectivity index (χ3v) is 3.20. The summed E-state index contributed by atoms with van der Waals surface area (Å²) in [5.74, 6) is -0.694. The highest BCUT2D eigenvalue weighted by Gasteiger charge is 2.26. The molecule has 106 valence electrons. The van der Waals surface area contributed by atoms with Crippen molar-refractivity contribution >= 4 is 21.9 Å². The van der Waals surface area contributed by atoms with Crippen molar-refractivity contribution in [3.8, 4) is 5.69 Å². The van der Waals surface area contributed by atoms with E-state index in [1.54, 1.807) is 4.68 Å². The first-order chi connectivity index (χ1) is 9.18. The van der Waals surface area contributed by atoms with Crippen LogP contribution in [0.5, 0.6) is 0 Å². The molecule has 2 aromatic rings. The number of halogens is 1. The summed E-state index contributed by atoms with van der Waals surface area (Å²) in [5.41, 5.74) is 1.54. The molecule has 1 aromatic heterocycles. The van der Waals surface area contributed by atoms with Gasteiger partial charge in [0.25, 0.3) is 5.82 Å². The first-order valence-electron chi connectivity index (χ1n) is 6.17. The summed E-state index contributed by atoms with van der Waals surface area (Å²) in [6.07, 6.45) is 0. The van der Waals surface area contributed by atoms with Crippen molar-refractivity contribution in [3.05, 3.63) is 39.9 Å². The molecule has 5 nitrogen and oxygen atoms in total. The lowest BCUT2D eigenvalue weighted by atomic mass is 9.95. The van der Waals surface area contributed by atoms with E-state index in [0.717, 1.165) is 15.7 Å². The Bertz CT molecular complexity index is 651. The van der Waals surface area contributed by atoms with E-state index in [-0.39, 0.29) is 11.2 Å².